The molecule has 3 N–H and O–H groups in total. The van der Waals surface area contributed by atoms with Crippen molar-refractivity contribution < 1.29 is 15.0 Å². The highest BCUT2D eigenvalue weighted by molar-refractivity contribution is 7.81. The summed E-state index contributed by atoms with van der Waals surface area (Å²) in [7, 11) is 0. The van der Waals surface area contributed by atoms with Crippen molar-refractivity contribution in [2.75, 3.05) is 5.32 Å². The summed E-state index contributed by atoms with van der Waals surface area (Å²) in [6.07, 6.45) is 1.06. The van der Waals surface area contributed by atoms with Crippen molar-refractivity contribution in [3.05, 3.63) is 29.3 Å². The van der Waals surface area contributed by atoms with E-state index < -0.39 is 0 Å². The van der Waals surface area contributed by atoms with Gasteiger partial charge in [-0.25, -0.2) is 0 Å². The molecule has 106 valence electrons. The highest BCUT2D eigenvalue weighted by Gasteiger charge is 2.14. The van der Waals surface area contributed by atoms with Gasteiger partial charge in [-0.2, -0.15) is 12.6 Å². The van der Waals surface area contributed by atoms with Crippen LogP contribution < -0.4 is 5.32 Å². The number of rotatable bonds is 6. The van der Waals surface area contributed by atoms with Crippen LogP contribution in [0.15, 0.2) is 18.2 Å². The van der Waals surface area contributed by atoms with Gasteiger partial charge in [-0.15, -0.1) is 0 Å². The lowest BCUT2D eigenvalue weighted by Crippen LogP contribution is -2.17. The molecule has 0 heterocycles. The lowest BCUT2D eigenvalue weighted by Gasteiger charge is -2.16. The average Bonchev–Trinajstić information content (AvgIpc) is 2.35. The summed E-state index contributed by atoms with van der Waals surface area (Å²) in [5, 5.41) is 21.0. The van der Waals surface area contributed by atoms with Crippen molar-refractivity contribution in [3.63, 3.8) is 0 Å². The molecule has 1 aromatic carbocycles. The third kappa shape index (κ3) is 6.09. The molecule has 1 aromatic rings. The normalized spacial score (nSPS) is 11.4. The van der Waals surface area contributed by atoms with Crippen molar-refractivity contribution in [1.29, 1.82) is 0 Å². The summed E-state index contributed by atoms with van der Waals surface area (Å²) >= 11 is 4.37. The topological polar surface area (TPSA) is 69.6 Å². The number of nitrogens with one attached hydrogen (secondary N) is 1. The standard InChI is InChI=1S/C14H21NO3S/c1-14(2,19)4-3-13(18)15-12-6-10(8-16)5-11(7-12)9-17/h5-7,16-17,19H,3-4,8-9H2,1-2H3,(H,15,18). The average molecular weight is 283 g/mol. The Morgan fingerprint density at radius 2 is 1.74 bits per heavy atom. The summed E-state index contributed by atoms with van der Waals surface area (Å²) in [5.41, 5.74) is 1.92. The molecule has 4 nitrogen and oxygen atoms in total. The number of carbonyl (C=O) groups is 1. The van der Waals surface area contributed by atoms with Crippen LogP contribution in [0.25, 0.3) is 0 Å². The third-order valence-electron chi connectivity index (χ3n) is 2.67. The molecule has 5 heteroatoms. The summed E-state index contributed by atoms with van der Waals surface area (Å²) in [6.45, 7) is 3.67. The third-order valence-corrected chi connectivity index (χ3v) is 2.89. The summed E-state index contributed by atoms with van der Waals surface area (Å²) in [4.78, 5) is 11.8. The van der Waals surface area contributed by atoms with Gasteiger partial charge < -0.3 is 15.5 Å². The molecule has 0 spiro atoms. The monoisotopic (exact) mass is 283 g/mol. The molecular formula is C14H21NO3S. The Labute approximate surface area is 119 Å². The second-order valence-corrected chi connectivity index (χ2v) is 6.43. The number of aliphatic hydroxyl groups excluding tert-OH is 2. The molecule has 0 unspecified atom stereocenters. The fourth-order valence-electron chi connectivity index (χ4n) is 1.66. The van der Waals surface area contributed by atoms with Crippen molar-refractivity contribution in [2.24, 2.45) is 0 Å². The van der Waals surface area contributed by atoms with E-state index in [1.54, 1.807) is 18.2 Å². The van der Waals surface area contributed by atoms with Crippen molar-refractivity contribution >= 4 is 24.2 Å². The molecule has 0 radical (unpaired) electrons. The number of hydrogen-bond acceptors (Lipinski definition) is 4. The lowest BCUT2D eigenvalue weighted by molar-refractivity contribution is -0.116. The van der Waals surface area contributed by atoms with Crippen LogP contribution in [0.4, 0.5) is 5.69 Å². The first-order valence-electron chi connectivity index (χ1n) is 6.21. The minimum Gasteiger partial charge on any atom is -0.392 e. The smallest absolute Gasteiger partial charge is 0.224 e. The molecule has 19 heavy (non-hydrogen) atoms. The number of amides is 1. The first-order chi connectivity index (χ1) is 8.84. The summed E-state index contributed by atoms with van der Waals surface area (Å²) < 4.78 is -0.180. The number of hydrogen-bond donors (Lipinski definition) is 4. The molecule has 0 atom stereocenters. The van der Waals surface area contributed by atoms with Crippen molar-refractivity contribution in [3.8, 4) is 0 Å². The van der Waals surface area contributed by atoms with Crippen molar-refractivity contribution in [1.82, 2.24) is 0 Å². The SMILES string of the molecule is CC(C)(S)CCC(=O)Nc1cc(CO)cc(CO)c1. The van der Waals surface area contributed by atoms with Crippen LogP contribution in [-0.4, -0.2) is 20.9 Å². The Kier molecular flexibility index (Phi) is 5.85. The quantitative estimate of drug-likeness (QED) is 0.604. The maximum Gasteiger partial charge on any atom is 0.224 e. The van der Waals surface area contributed by atoms with Crippen LogP contribution in [0.5, 0.6) is 0 Å². The molecule has 0 aliphatic carbocycles. The predicted molar refractivity (Wildman–Crippen MR) is 79.2 cm³/mol. The van der Waals surface area contributed by atoms with Crippen LogP contribution in [-0.2, 0) is 18.0 Å². The maximum atomic E-state index is 11.8. The zero-order valence-corrected chi connectivity index (χ0v) is 12.2. The maximum absolute atomic E-state index is 11.8. The van der Waals surface area contributed by atoms with E-state index in [0.717, 1.165) is 0 Å². The van der Waals surface area contributed by atoms with E-state index in [-0.39, 0.29) is 23.9 Å². The molecule has 0 bridgehead atoms. The van der Waals surface area contributed by atoms with E-state index in [1.165, 1.54) is 0 Å². The zero-order chi connectivity index (χ0) is 14.5. The van der Waals surface area contributed by atoms with Gasteiger partial charge in [0.15, 0.2) is 0 Å². The first kappa shape index (κ1) is 16.0. The van der Waals surface area contributed by atoms with E-state index in [2.05, 4.69) is 17.9 Å². The van der Waals surface area contributed by atoms with Gasteiger partial charge in [0.05, 0.1) is 13.2 Å². The van der Waals surface area contributed by atoms with Crippen molar-refractivity contribution in [2.45, 2.75) is 44.6 Å². The minimum atomic E-state index is -0.180. The predicted octanol–water partition coefficient (Wildman–Crippen LogP) is 2.10. The van der Waals surface area contributed by atoms with E-state index in [9.17, 15) is 4.79 Å². The summed E-state index contributed by atoms with van der Waals surface area (Å²) in [5.74, 6) is -0.0962. The van der Waals surface area contributed by atoms with Gasteiger partial charge in [0.25, 0.3) is 0 Å². The second-order valence-electron chi connectivity index (χ2n) is 5.22. The van der Waals surface area contributed by atoms with Crippen LogP contribution in [0, 0.1) is 0 Å². The van der Waals surface area contributed by atoms with Gasteiger partial charge in [0, 0.05) is 16.9 Å². The van der Waals surface area contributed by atoms with Crippen LogP contribution in [0.3, 0.4) is 0 Å². The number of carbonyl (C=O) groups excluding carboxylic acids is 1. The number of benzene rings is 1. The van der Waals surface area contributed by atoms with Gasteiger partial charge in [-0.1, -0.05) is 19.9 Å². The van der Waals surface area contributed by atoms with Gasteiger partial charge >= 0.3 is 0 Å². The Bertz CT molecular complexity index is 419. The highest BCUT2D eigenvalue weighted by atomic mass is 32.1. The number of aliphatic hydroxyl groups is 2. The fourth-order valence-corrected chi connectivity index (χ4v) is 1.77. The van der Waals surface area contributed by atoms with Gasteiger partial charge in [-0.05, 0) is 29.7 Å². The molecule has 1 rings (SSSR count). The van der Waals surface area contributed by atoms with Gasteiger partial charge in [-0.3, -0.25) is 4.79 Å². The Hall–Kier alpha value is -1.04. The van der Waals surface area contributed by atoms with Crippen LogP contribution in [0.1, 0.15) is 37.8 Å². The van der Waals surface area contributed by atoms with Gasteiger partial charge in [0.1, 0.15) is 0 Å². The Morgan fingerprint density at radius 1 is 1.21 bits per heavy atom. The van der Waals surface area contributed by atoms with E-state index in [1.807, 2.05) is 13.8 Å². The Morgan fingerprint density at radius 3 is 2.16 bits per heavy atom. The van der Waals surface area contributed by atoms with E-state index >= 15 is 0 Å². The van der Waals surface area contributed by atoms with E-state index in [4.69, 9.17) is 10.2 Å². The second kappa shape index (κ2) is 6.93. The molecule has 0 saturated heterocycles. The fraction of sp³-hybridized carbons (Fsp3) is 0.500. The Balaban J connectivity index is 2.68. The van der Waals surface area contributed by atoms with Crippen LogP contribution >= 0.6 is 12.6 Å². The molecule has 0 aromatic heterocycles. The molecule has 0 aliphatic rings. The highest BCUT2D eigenvalue weighted by Crippen LogP contribution is 2.20. The molecule has 1 amide bonds. The molecule has 0 aliphatic heterocycles. The van der Waals surface area contributed by atoms with Gasteiger partial charge in [0.2, 0.25) is 5.91 Å². The molecule has 0 fully saturated rings. The number of thiol groups is 1. The molecule has 0 saturated carbocycles. The van der Waals surface area contributed by atoms with Crippen LogP contribution in [0.2, 0.25) is 0 Å². The molecular weight excluding hydrogens is 262 g/mol. The number of anilines is 1. The lowest BCUT2D eigenvalue weighted by atomic mass is 10.1. The zero-order valence-electron chi connectivity index (χ0n) is 11.3. The minimum absolute atomic E-state index is 0.0962. The van der Waals surface area contributed by atoms with E-state index in [0.29, 0.717) is 29.7 Å². The first-order valence-corrected chi connectivity index (χ1v) is 6.65. The largest absolute Gasteiger partial charge is 0.392 e. The summed E-state index contributed by atoms with van der Waals surface area (Å²) in [6, 6.07) is 5.10.